The minimum atomic E-state index is -3.27. The molecule has 1 aromatic heterocycles. The van der Waals surface area contributed by atoms with Crippen molar-refractivity contribution in [3.05, 3.63) is 59.8 Å². The summed E-state index contributed by atoms with van der Waals surface area (Å²) in [5.41, 5.74) is 1.84. The Morgan fingerprint density at radius 2 is 1.60 bits per heavy atom. The van der Waals surface area contributed by atoms with Gasteiger partial charge in [-0.1, -0.05) is 16.9 Å². The van der Waals surface area contributed by atoms with Crippen LogP contribution in [0.1, 0.15) is 66.2 Å². The van der Waals surface area contributed by atoms with Gasteiger partial charge in [-0.15, -0.1) is 0 Å². The van der Waals surface area contributed by atoms with Gasteiger partial charge in [-0.05, 0) is 74.1 Å². The number of benzene rings is 2. The normalized spacial score (nSPS) is 19.4. The zero-order valence-corrected chi connectivity index (χ0v) is 35.7. The average molecular weight is 852 g/mol. The molecule has 0 aliphatic carbocycles. The first kappa shape index (κ1) is 41.9. The van der Waals surface area contributed by atoms with Crippen molar-refractivity contribution in [2.45, 2.75) is 62.6 Å². The summed E-state index contributed by atoms with van der Waals surface area (Å²) in [7, 11) is 2.99. The fraction of sp³-hybridized carbons (Fsp3) is 0.488. The Balaban J connectivity index is 1.01. The molecule has 0 saturated carbocycles. The van der Waals surface area contributed by atoms with Crippen molar-refractivity contribution in [2.24, 2.45) is 4.99 Å². The molecule has 4 aliphatic rings. The van der Waals surface area contributed by atoms with Crippen LogP contribution >= 0.6 is 29.0 Å². The molecule has 58 heavy (non-hydrogen) atoms. The van der Waals surface area contributed by atoms with Crippen LogP contribution < -0.4 is 23.8 Å². The number of ether oxygens (including phenoxy) is 4. The molecule has 7 rings (SSSR count). The van der Waals surface area contributed by atoms with Crippen molar-refractivity contribution in [3.8, 4) is 23.0 Å². The van der Waals surface area contributed by atoms with Crippen LogP contribution in [0, 0.1) is 0 Å². The molecule has 14 nitrogen and oxygen atoms in total. The number of methoxy groups -OCH3 is 2. The number of rotatable bonds is 18. The van der Waals surface area contributed by atoms with E-state index in [0.717, 1.165) is 36.5 Å². The molecule has 0 bridgehead atoms. The van der Waals surface area contributed by atoms with E-state index in [1.165, 1.54) is 14.2 Å². The van der Waals surface area contributed by atoms with E-state index in [2.05, 4.69) is 9.98 Å². The third-order valence-electron chi connectivity index (χ3n) is 10.7. The summed E-state index contributed by atoms with van der Waals surface area (Å²) in [5.74, 6) is 1.93. The summed E-state index contributed by atoms with van der Waals surface area (Å²) in [4.78, 5) is 55.4. The van der Waals surface area contributed by atoms with Crippen molar-refractivity contribution in [3.63, 3.8) is 0 Å². The molecule has 0 N–H and O–H groups in total. The summed E-state index contributed by atoms with van der Waals surface area (Å²) in [5, 5.41) is 0.920. The standard InChI is InChI=1S/C41H50N5O9PS2/c1-4-55-56(50,19-17-53-36-24-32-30(22-34(36)51-2)40(48)44-15-7-10-28(44)26-43-32)20-18-54-37-25-33-31(23-35(37)52-3)41(49)45-16-8-11-29(45)27-46(33)39(47)13-9-21-57-58-38-12-5-6-14-42-38/h5-6,12,14,22-26,28-29H,4,7-11,13,15-21,27H2,1-3H3/t28-,29-,56?/m0/s1. The van der Waals surface area contributed by atoms with E-state index in [1.54, 1.807) is 63.9 Å². The van der Waals surface area contributed by atoms with Gasteiger partial charge in [0.25, 0.3) is 11.8 Å². The molecular formula is C41H50N5O9PS2. The van der Waals surface area contributed by atoms with Crippen LogP contribution in [0.4, 0.5) is 11.4 Å². The smallest absolute Gasteiger partial charge is 0.256 e. The molecule has 1 unspecified atom stereocenters. The molecule has 4 aliphatic heterocycles. The lowest BCUT2D eigenvalue weighted by atomic mass is 10.1. The van der Waals surface area contributed by atoms with Crippen molar-refractivity contribution in [1.29, 1.82) is 0 Å². The van der Waals surface area contributed by atoms with Gasteiger partial charge in [0.2, 0.25) is 13.3 Å². The number of fused-ring (bicyclic) bond motifs is 4. The van der Waals surface area contributed by atoms with Crippen LogP contribution in [-0.2, 0) is 13.9 Å². The Hall–Kier alpha value is -4.24. The monoisotopic (exact) mass is 851 g/mol. The van der Waals surface area contributed by atoms with Crippen LogP contribution in [0.2, 0.25) is 0 Å². The molecule has 5 heterocycles. The van der Waals surface area contributed by atoms with Gasteiger partial charge < -0.3 is 38.2 Å². The number of hydrogen-bond donors (Lipinski definition) is 0. The summed E-state index contributed by atoms with van der Waals surface area (Å²) in [6, 6.07) is 12.4. The largest absolute Gasteiger partial charge is 0.493 e. The predicted octanol–water partition coefficient (Wildman–Crippen LogP) is 7.36. The molecular weight excluding hydrogens is 802 g/mol. The lowest BCUT2D eigenvalue weighted by molar-refractivity contribution is -0.118. The second kappa shape index (κ2) is 19.2. The van der Waals surface area contributed by atoms with Crippen molar-refractivity contribution in [1.82, 2.24) is 14.8 Å². The Labute approximate surface area is 347 Å². The van der Waals surface area contributed by atoms with Crippen molar-refractivity contribution in [2.75, 3.05) is 76.7 Å². The molecule has 2 fully saturated rings. The maximum Gasteiger partial charge on any atom is 0.256 e. The number of hydrogen-bond acceptors (Lipinski definition) is 13. The van der Waals surface area contributed by atoms with Gasteiger partial charge in [-0.25, -0.2) is 4.98 Å². The molecule has 0 radical (unpaired) electrons. The summed E-state index contributed by atoms with van der Waals surface area (Å²) < 4.78 is 43.6. The predicted molar refractivity (Wildman–Crippen MR) is 226 cm³/mol. The van der Waals surface area contributed by atoms with E-state index in [-0.39, 0.29) is 61.9 Å². The Bertz CT molecular complexity index is 2060. The minimum absolute atomic E-state index is 0.0187. The van der Waals surface area contributed by atoms with Gasteiger partial charge in [-0.2, -0.15) is 0 Å². The molecule has 3 amide bonds. The first-order chi connectivity index (χ1) is 28.2. The fourth-order valence-electron chi connectivity index (χ4n) is 7.81. The summed E-state index contributed by atoms with van der Waals surface area (Å²) >= 11 is 0. The number of aliphatic imine (C=N–C) groups is 1. The second-order valence-electron chi connectivity index (χ2n) is 14.4. The van der Waals surface area contributed by atoms with E-state index in [1.807, 2.05) is 34.2 Å². The van der Waals surface area contributed by atoms with Crippen molar-refractivity contribution < 1.29 is 42.4 Å². The average Bonchev–Trinajstić information content (AvgIpc) is 3.87. The highest BCUT2D eigenvalue weighted by atomic mass is 33.1. The van der Waals surface area contributed by atoms with E-state index in [9.17, 15) is 18.9 Å². The first-order valence-electron chi connectivity index (χ1n) is 19.8. The van der Waals surface area contributed by atoms with E-state index in [4.69, 9.17) is 23.5 Å². The minimum Gasteiger partial charge on any atom is -0.493 e. The number of pyridine rings is 1. The number of anilines is 1. The Morgan fingerprint density at radius 1 is 0.897 bits per heavy atom. The quantitative estimate of drug-likeness (QED) is 0.0715. The maximum atomic E-state index is 14.1. The van der Waals surface area contributed by atoms with Gasteiger partial charge in [-0.3, -0.25) is 23.9 Å². The van der Waals surface area contributed by atoms with Gasteiger partial charge in [0.1, 0.15) is 5.03 Å². The molecule has 3 aromatic rings. The molecule has 2 aromatic carbocycles. The number of aromatic nitrogens is 1. The van der Waals surface area contributed by atoms with Gasteiger partial charge in [0.15, 0.2) is 23.0 Å². The fourth-order valence-corrected chi connectivity index (χ4v) is 11.5. The molecule has 310 valence electrons. The van der Waals surface area contributed by atoms with Gasteiger partial charge >= 0.3 is 0 Å². The van der Waals surface area contributed by atoms with Crippen molar-refractivity contribution >= 4 is 64.3 Å². The number of amides is 3. The first-order valence-corrected chi connectivity index (χ1v) is 24.1. The molecule has 17 heteroatoms. The number of carbonyl (C=O) groups is 3. The highest BCUT2D eigenvalue weighted by Gasteiger charge is 2.39. The zero-order chi connectivity index (χ0) is 40.6. The highest BCUT2D eigenvalue weighted by Crippen LogP contribution is 2.47. The molecule has 3 atom stereocenters. The summed E-state index contributed by atoms with van der Waals surface area (Å²) in [6.45, 7) is 3.81. The summed E-state index contributed by atoms with van der Waals surface area (Å²) in [6.07, 6.45) is 8.26. The topological polar surface area (TPSA) is 149 Å². The molecule has 0 spiro atoms. The van der Waals surface area contributed by atoms with E-state index in [0.29, 0.717) is 78.0 Å². The van der Waals surface area contributed by atoms with Crippen LogP contribution in [-0.4, -0.2) is 123 Å². The Kier molecular flexibility index (Phi) is 13.9. The van der Waals surface area contributed by atoms with Gasteiger partial charge in [0.05, 0.1) is 80.9 Å². The zero-order valence-electron chi connectivity index (χ0n) is 33.1. The maximum absolute atomic E-state index is 14.1. The Morgan fingerprint density at radius 3 is 2.33 bits per heavy atom. The molecule has 2 saturated heterocycles. The van der Waals surface area contributed by atoms with E-state index >= 15 is 0 Å². The number of nitrogens with zero attached hydrogens (tertiary/aromatic N) is 5. The van der Waals surface area contributed by atoms with Gasteiger partial charge in [0, 0.05) is 56.4 Å². The lowest BCUT2D eigenvalue weighted by Crippen LogP contribution is -2.42. The van der Waals surface area contributed by atoms with Crippen LogP contribution in [0.25, 0.3) is 0 Å². The third-order valence-corrected chi connectivity index (χ3v) is 15.5. The van der Waals surface area contributed by atoms with Crippen LogP contribution in [0.15, 0.2) is 58.7 Å². The van der Waals surface area contributed by atoms with E-state index < -0.39 is 7.37 Å². The van der Waals surface area contributed by atoms with Crippen LogP contribution in [0.5, 0.6) is 23.0 Å². The SMILES string of the molecule is CCOP(=O)(CCOc1cc2c(cc1OC)C(=O)N1CCC[C@H]1C=N2)CCOc1cc2c(cc1OC)C(=O)N1CCC[C@H]1CN2C(=O)CCCSSc1ccccn1. The second-order valence-corrected chi connectivity index (χ2v) is 19.6. The lowest BCUT2D eigenvalue weighted by Gasteiger charge is -2.27. The third kappa shape index (κ3) is 9.46. The highest BCUT2D eigenvalue weighted by molar-refractivity contribution is 8.76. The van der Waals surface area contributed by atoms with Crippen LogP contribution in [0.3, 0.4) is 0 Å². The number of carbonyl (C=O) groups excluding carboxylic acids is 3.